The Kier molecular flexibility index (Phi) is 7.02. The molecule has 0 aliphatic heterocycles. The number of hydrogen-bond donors (Lipinski definition) is 4. The molecule has 0 saturated heterocycles. The van der Waals surface area contributed by atoms with Crippen molar-refractivity contribution in [2.45, 2.75) is 51.9 Å². The van der Waals surface area contributed by atoms with Crippen molar-refractivity contribution >= 4 is 17.7 Å². The molecule has 8 heteroatoms. The number of anilines is 1. The van der Waals surface area contributed by atoms with Gasteiger partial charge >= 0.3 is 5.97 Å². The van der Waals surface area contributed by atoms with Crippen LogP contribution in [0.25, 0.3) is 11.1 Å². The van der Waals surface area contributed by atoms with Crippen LogP contribution in [0.15, 0.2) is 48.7 Å². The van der Waals surface area contributed by atoms with Gasteiger partial charge in [0.05, 0.1) is 29.9 Å². The molecule has 0 radical (unpaired) electrons. The Labute approximate surface area is 203 Å². The maximum absolute atomic E-state index is 13.1. The predicted octanol–water partition coefficient (Wildman–Crippen LogP) is 4.22. The number of phenolic OH excluding ortho intramolecular Hbond substituents is 1. The van der Waals surface area contributed by atoms with Crippen molar-refractivity contribution in [3.8, 4) is 16.9 Å². The number of carbonyl (C=O) groups excluding carboxylic acids is 1. The van der Waals surface area contributed by atoms with Gasteiger partial charge in [-0.2, -0.15) is 0 Å². The number of nitrogen functional groups attached to an aromatic ring is 1. The van der Waals surface area contributed by atoms with Crippen LogP contribution in [0.5, 0.6) is 5.75 Å². The fraction of sp³-hybridized carbons (Fsp3) is 0.296. The van der Waals surface area contributed by atoms with Gasteiger partial charge in [0.15, 0.2) is 0 Å². The molecule has 182 valence electrons. The van der Waals surface area contributed by atoms with Crippen LogP contribution in [0.1, 0.15) is 56.7 Å². The number of ether oxygens (including phenoxy) is 1. The quantitative estimate of drug-likeness (QED) is 0.402. The topological polar surface area (TPSA) is 135 Å². The standard InChI is InChI=1S/C27H29N3O5/c1-15-6-7-17(8-16(15)2)14-35-24-5-3-4-23(24)30-26(32)22-12-20(13-29-25(22)28)18-9-19(27(33)34)11-21(31)10-18/h6-13,23-24,31H,3-5,14H2,1-2H3,(H2,28,29)(H,30,32)(H,33,34)/t23-,24-/m0/s1. The number of aromatic carboxylic acids is 1. The number of aryl methyl sites for hydroxylation is 2. The van der Waals surface area contributed by atoms with Crippen LogP contribution in [-0.4, -0.2) is 39.2 Å². The highest BCUT2D eigenvalue weighted by Crippen LogP contribution is 2.28. The number of nitrogens with two attached hydrogens (primary N) is 1. The first-order valence-corrected chi connectivity index (χ1v) is 11.5. The third kappa shape index (κ3) is 5.60. The number of rotatable bonds is 7. The van der Waals surface area contributed by atoms with Gasteiger partial charge in [0.2, 0.25) is 0 Å². The average Bonchev–Trinajstić information content (AvgIpc) is 3.26. The van der Waals surface area contributed by atoms with E-state index in [9.17, 15) is 19.8 Å². The molecule has 2 aromatic carbocycles. The molecule has 4 rings (SSSR count). The number of aromatic hydroxyl groups is 1. The minimum Gasteiger partial charge on any atom is -0.508 e. The lowest BCUT2D eigenvalue weighted by atomic mass is 10.0. The Balaban J connectivity index is 1.48. The second-order valence-electron chi connectivity index (χ2n) is 9.01. The van der Waals surface area contributed by atoms with Crippen LogP contribution >= 0.6 is 0 Å². The van der Waals surface area contributed by atoms with E-state index < -0.39 is 5.97 Å². The first-order chi connectivity index (χ1) is 16.7. The molecular weight excluding hydrogens is 446 g/mol. The smallest absolute Gasteiger partial charge is 0.335 e. The summed E-state index contributed by atoms with van der Waals surface area (Å²) in [6.45, 7) is 4.62. The highest BCUT2D eigenvalue weighted by molar-refractivity contribution is 6.00. The zero-order chi connectivity index (χ0) is 25.1. The highest BCUT2D eigenvalue weighted by atomic mass is 16.5. The molecule has 3 aromatic rings. The van der Waals surface area contributed by atoms with Crippen molar-refractivity contribution in [1.29, 1.82) is 0 Å². The number of benzene rings is 2. The largest absolute Gasteiger partial charge is 0.508 e. The van der Waals surface area contributed by atoms with Crippen LogP contribution in [0.4, 0.5) is 5.82 Å². The van der Waals surface area contributed by atoms with E-state index in [2.05, 4.69) is 42.3 Å². The van der Waals surface area contributed by atoms with Gasteiger partial charge in [0.1, 0.15) is 11.6 Å². The molecule has 0 spiro atoms. The highest BCUT2D eigenvalue weighted by Gasteiger charge is 2.30. The monoisotopic (exact) mass is 475 g/mol. The Bertz CT molecular complexity index is 1270. The van der Waals surface area contributed by atoms with E-state index in [-0.39, 0.29) is 40.7 Å². The minimum atomic E-state index is -1.17. The number of carboxylic acids is 1. The average molecular weight is 476 g/mol. The lowest BCUT2D eigenvalue weighted by molar-refractivity contribution is 0.0272. The number of carbonyl (C=O) groups is 2. The third-order valence-corrected chi connectivity index (χ3v) is 6.47. The van der Waals surface area contributed by atoms with Gasteiger partial charge in [0.25, 0.3) is 5.91 Å². The van der Waals surface area contributed by atoms with Crippen molar-refractivity contribution < 1.29 is 24.5 Å². The fourth-order valence-corrected chi connectivity index (χ4v) is 4.35. The molecule has 1 aliphatic rings. The molecule has 1 saturated carbocycles. The summed E-state index contributed by atoms with van der Waals surface area (Å²) in [7, 11) is 0. The first-order valence-electron chi connectivity index (χ1n) is 11.5. The Morgan fingerprint density at radius 1 is 1.09 bits per heavy atom. The Hall–Kier alpha value is -3.91. The van der Waals surface area contributed by atoms with E-state index in [1.807, 2.05) is 0 Å². The first kappa shape index (κ1) is 24.2. The fourth-order valence-electron chi connectivity index (χ4n) is 4.35. The zero-order valence-electron chi connectivity index (χ0n) is 19.7. The van der Waals surface area contributed by atoms with Gasteiger partial charge < -0.3 is 26.0 Å². The molecule has 35 heavy (non-hydrogen) atoms. The normalized spacial score (nSPS) is 17.3. The van der Waals surface area contributed by atoms with E-state index in [1.165, 1.54) is 29.5 Å². The molecule has 2 atom stereocenters. The van der Waals surface area contributed by atoms with Crippen molar-refractivity contribution in [1.82, 2.24) is 10.3 Å². The van der Waals surface area contributed by atoms with Gasteiger partial charge in [-0.05, 0) is 79.6 Å². The van der Waals surface area contributed by atoms with Gasteiger partial charge in [-0.25, -0.2) is 9.78 Å². The van der Waals surface area contributed by atoms with Crippen LogP contribution in [0, 0.1) is 13.8 Å². The summed E-state index contributed by atoms with van der Waals surface area (Å²) >= 11 is 0. The van der Waals surface area contributed by atoms with Gasteiger partial charge in [-0.3, -0.25) is 4.79 Å². The summed E-state index contributed by atoms with van der Waals surface area (Å²) in [5.41, 5.74) is 10.5. The summed E-state index contributed by atoms with van der Waals surface area (Å²) in [4.78, 5) is 28.6. The van der Waals surface area contributed by atoms with Crippen LogP contribution < -0.4 is 11.1 Å². The maximum atomic E-state index is 13.1. The summed E-state index contributed by atoms with van der Waals surface area (Å²) in [5.74, 6) is -1.67. The molecule has 1 fully saturated rings. The van der Waals surface area contributed by atoms with E-state index in [0.717, 1.165) is 30.9 Å². The molecule has 1 heterocycles. The molecule has 0 bridgehead atoms. The molecule has 1 aromatic heterocycles. The summed E-state index contributed by atoms with van der Waals surface area (Å²) in [5, 5.41) is 22.2. The van der Waals surface area contributed by atoms with Gasteiger partial charge in [0, 0.05) is 11.8 Å². The van der Waals surface area contributed by atoms with Gasteiger partial charge in [-0.15, -0.1) is 0 Å². The predicted molar refractivity (Wildman–Crippen MR) is 132 cm³/mol. The number of carboxylic acid groups (broad SMARTS) is 1. The van der Waals surface area contributed by atoms with Crippen LogP contribution in [-0.2, 0) is 11.3 Å². The lowest BCUT2D eigenvalue weighted by Gasteiger charge is -2.22. The molecule has 8 nitrogen and oxygen atoms in total. The SMILES string of the molecule is Cc1ccc(CO[C@H]2CCC[C@@H]2NC(=O)c2cc(-c3cc(O)cc(C(=O)O)c3)cnc2N)cc1C. The Morgan fingerprint density at radius 3 is 2.63 bits per heavy atom. The molecular formula is C27H29N3O5. The number of aromatic nitrogens is 1. The Morgan fingerprint density at radius 2 is 1.89 bits per heavy atom. The molecule has 1 aliphatic carbocycles. The van der Waals surface area contributed by atoms with E-state index in [0.29, 0.717) is 17.7 Å². The maximum Gasteiger partial charge on any atom is 0.335 e. The van der Waals surface area contributed by atoms with Crippen molar-refractivity contribution in [3.63, 3.8) is 0 Å². The summed E-state index contributed by atoms with van der Waals surface area (Å²) in [6, 6.07) is 11.6. The van der Waals surface area contributed by atoms with Crippen molar-refractivity contribution in [2.75, 3.05) is 5.73 Å². The summed E-state index contributed by atoms with van der Waals surface area (Å²) in [6.07, 6.45) is 3.92. The second kappa shape index (κ2) is 10.1. The number of amides is 1. The number of phenols is 1. The number of nitrogens with zero attached hydrogens (tertiary/aromatic N) is 1. The number of pyridine rings is 1. The van der Waals surface area contributed by atoms with Crippen LogP contribution in [0.3, 0.4) is 0 Å². The van der Waals surface area contributed by atoms with E-state index in [1.54, 1.807) is 6.07 Å². The zero-order valence-corrected chi connectivity index (χ0v) is 19.7. The van der Waals surface area contributed by atoms with Crippen molar-refractivity contribution in [2.24, 2.45) is 0 Å². The summed E-state index contributed by atoms with van der Waals surface area (Å²) < 4.78 is 6.16. The van der Waals surface area contributed by atoms with Crippen molar-refractivity contribution in [3.05, 3.63) is 76.5 Å². The van der Waals surface area contributed by atoms with Gasteiger partial charge in [-0.1, -0.05) is 18.2 Å². The van der Waals surface area contributed by atoms with E-state index in [4.69, 9.17) is 10.5 Å². The molecule has 1 amide bonds. The molecule has 5 N–H and O–H groups in total. The van der Waals surface area contributed by atoms with Crippen LogP contribution in [0.2, 0.25) is 0 Å². The second-order valence-corrected chi connectivity index (χ2v) is 9.01. The van der Waals surface area contributed by atoms with E-state index >= 15 is 0 Å². The number of nitrogens with one attached hydrogen (secondary N) is 1. The molecule has 0 unspecified atom stereocenters. The minimum absolute atomic E-state index is 0.0652. The number of hydrogen-bond acceptors (Lipinski definition) is 6. The lowest BCUT2D eigenvalue weighted by Crippen LogP contribution is -2.41. The third-order valence-electron chi connectivity index (χ3n) is 6.47.